The fraction of sp³-hybridized carbons (Fsp3) is 0.188. The van der Waals surface area contributed by atoms with Gasteiger partial charge in [-0.3, -0.25) is 4.79 Å². The Bertz CT molecular complexity index is 587. The normalized spacial score (nSPS) is 10.2. The average Bonchev–Trinajstić information content (AvgIpc) is 2.44. The average molecular weight is 254 g/mol. The van der Waals surface area contributed by atoms with Gasteiger partial charge in [0.1, 0.15) is 0 Å². The van der Waals surface area contributed by atoms with E-state index in [0.717, 1.165) is 11.1 Å². The molecular weight excluding hydrogens is 236 g/mol. The van der Waals surface area contributed by atoms with Crippen LogP contribution in [0.15, 0.2) is 55.1 Å². The number of hydrogen-bond acceptors (Lipinski definition) is 2. The molecule has 0 spiro atoms. The number of carbonyl (C=O) groups is 1. The summed E-state index contributed by atoms with van der Waals surface area (Å²) in [4.78, 5) is 13.7. The van der Waals surface area contributed by atoms with Gasteiger partial charge in [0.15, 0.2) is 0 Å². The van der Waals surface area contributed by atoms with Crippen LogP contribution in [-0.4, -0.2) is 26.0 Å². The maximum Gasteiger partial charge on any atom is 0.239 e. The van der Waals surface area contributed by atoms with Crippen molar-refractivity contribution in [2.45, 2.75) is 0 Å². The van der Waals surface area contributed by atoms with Crippen LogP contribution in [0.5, 0.6) is 0 Å². The standard InChI is InChI=1S/C16H18N2O/c1-3-11-17-16(19)12-18(2)15-10-6-8-13-7-4-5-9-14(13)15/h3-10H,1,11-12H2,2H3,(H,17,19). The van der Waals surface area contributed by atoms with Crippen molar-refractivity contribution in [3.8, 4) is 0 Å². The number of nitrogens with one attached hydrogen (secondary N) is 1. The van der Waals surface area contributed by atoms with Crippen LogP contribution in [0.4, 0.5) is 5.69 Å². The molecule has 0 unspecified atom stereocenters. The first kappa shape index (κ1) is 13.1. The minimum Gasteiger partial charge on any atom is -0.365 e. The lowest BCUT2D eigenvalue weighted by molar-refractivity contribution is -0.119. The Morgan fingerprint density at radius 2 is 2.00 bits per heavy atom. The van der Waals surface area contributed by atoms with E-state index in [4.69, 9.17) is 0 Å². The summed E-state index contributed by atoms with van der Waals surface area (Å²) < 4.78 is 0. The summed E-state index contributed by atoms with van der Waals surface area (Å²) in [6, 6.07) is 14.3. The SMILES string of the molecule is C=CCNC(=O)CN(C)c1cccc2ccccc12. The molecule has 19 heavy (non-hydrogen) atoms. The third-order valence-electron chi connectivity index (χ3n) is 3.00. The van der Waals surface area contributed by atoms with Crippen molar-refractivity contribution in [2.24, 2.45) is 0 Å². The van der Waals surface area contributed by atoms with Crippen molar-refractivity contribution in [3.63, 3.8) is 0 Å². The smallest absolute Gasteiger partial charge is 0.239 e. The van der Waals surface area contributed by atoms with Gasteiger partial charge in [0.25, 0.3) is 0 Å². The number of fused-ring (bicyclic) bond motifs is 1. The quantitative estimate of drug-likeness (QED) is 0.832. The van der Waals surface area contributed by atoms with E-state index in [-0.39, 0.29) is 5.91 Å². The zero-order valence-corrected chi connectivity index (χ0v) is 11.1. The van der Waals surface area contributed by atoms with Crippen LogP contribution in [-0.2, 0) is 4.79 Å². The van der Waals surface area contributed by atoms with E-state index in [0.29, 0.717) is 13.1 Å². The highest BCUT2D eigenvalue weighted by Gasteiger charge is 2.09. The number of hydrogen-bond donors (Lipinski definition) is 1. The predicted molar refractivity (Wildman–Crippen MR) is 80.4 cm³/mol. The molecule has 3 nitrogen and oxygen atoms in total. The van der Waals surface area contributed by atoms with E-state index in [9.17, 15) is 4.79 Å². The van der Waals surface area contributed by atoms with Crippen LogP contribution >= 0.6 is 0 Å². The molecule has 0 atom stereocenters. The fourth-order valence-corrected chi connectivity index (χ4v) is 2.08. The van der Waals surface area contributed by atoms with Gasteiger partial charge in [-0.1, -0.05) is 42.5 Å². The van der Waals surface area contributed by atoms with Crippen molar-refractivity contribution in [3.05, 3.63) is 55.1 Å². The minimum absolute atomic E-state index is 0.00432. The summed E-state index contributed by atoms with van der Waals surface area (Å²) in [5, 5.41) is 5.12. The molecule has 0 radical (unpaired) electrons. The van der Waals surface area contributed by atoms with E-state index >= 15 is 0 Å². The zero-order valence-electron chi connectivity index (χ0n) is 11.1. The number of nitrogens with zero attached hydrogens (tertiary/aromatic N) is 1. The first-order valence-electron chi connectivity index (χ1n) is 6.29. The van der Waals surface area contributed by atoms with E-state index in [2.05, 4.69) is 30.1 Å². The summed E-state index contributed by atoms with van der Waals surface area (Å²) in [6.45, 7) is 4.42. The molecule has 0 fully saturated rings. The third kappa shape index (κ3) is 3.13. The Labute approximate surface area is 113 Å². The molecule has 98 valence electrons. The van der Waals surface area contributed by atoms with E-state index in [1.54, 1.807) is 6.08 Å². The fourth-order valence-electron chi connectivity index (χ4n) is 2.08. The molecule has 0 saturated heterocycles. The van der Waals surface area contributed by atoms with E-state index in [1.165, 1.54) is 5.39 Å². The molecule has 0 saturated carbocycles. The highest BCUT2D eigenvalue weighted by molar-refractivity contribution is 5.95. The maximum atomic E-state index is 11.7. The van der Waals surface area contributed by atoms with Crippen molar-refractivity contribution in [2.75, 3.05) is 25.0 Å². The Morgan fingerprint density at radius 1 is 1.26 bits per heavy atom. The monoisotopic (exact) mass is 254 g/mol. The first-order valence-corrected chi connectivity index (χ1v) is 6.29. The minimum atomic E-state index is -0.00432. The summed E-state index contributed by atoms with van der Waals surface area (Å²) in [5.74, 6) is -0.00432. The highest BCUT2D eigenvalue weighted by Crippen LogP contribution is 2.25. The van der Waals surface area contributed by atoms with Gasteiger partial charge < -0.3 is 10.2 Å². The molecule has 2 rings (SSSR count). The van der Waals surface area contributed by atoms with Crippen molar-refractivity contribution in [1.29, 1.82) is 0 Å². The summed E-state index contributed by atoms with van der Waals surface area (Å²) >= 11 is 0. The van der Waals surface area contributed by atoms with Gasteiger partial charge in [0, 0.05) is 24.7 Å². The van der Waals surface area contributed by atoms with Crippen LogP contribution < -0.4 is 10.2 Å². The van der Waals surface area contributed by atoms with Gasteiger partial charge in [0.05, 0.1) is 6.54 Å². The lowest BCUT2D eigenvalue weighted by atomic mass is 10.1. The second kappa shape index (κ2) is 6.05. The molecule has 1 N–H and O–H groups in total. The molecule has 0 aliphatic carbocycles. The number of benzene rings is 2. The van der Waals surface area contributed by atoms with Crippen LogP contribution in [0, 0.1) is 0 Å². The number of anilines is 1. The summed E-state index contributed by atoms with van der Waals surface area (Å²) in [6.07, 6.45) is 1.68. The topological polar surface area (TPSA) is 32.3 Å². The van der Waals surface area contributed by atoms with Gasteiger partial charge >= 0.3 is 0 Å². The lowest BCUT2D eigenvalue weighted by Crippen LogP contribution is -2.35. The summed E-state index contributed by atoms with van der Waals surface area (Å²) in [7, 11) is 1.93. The van der Waals surface area contributed by atoms with E-state index in [1.807, 2.05) is 36.2 Å². The second-order valence-corrected chi connectivity index (χ2v) is 4.45. The first-order chi connectivity index (χ1) is 9.22. The second-order valence-electron chi connectivity index (χ2n) is 4.45. The van der Waals surface area contributed by atoms with Crippen molar-refractivity contribution in [1.82, 2.24) is 5.32 Å². The number of amides is 1. The molecular formula is C16H18N2O. The van der Waals surface area contributed by atoms with E-state index < -0.39 is 0 Å². The molecule has 2 aromatic carbocycles. The lowest BCUT2D eigenvalue weighted by Gasteiger charge is -2.20. The van der Waals surface area contributed by atoms with Crippen LogP contribution in [0.3, 0.4) is 0 Å². The number of rotatable bonds is 5. The predicted octanol–water partition coefficient (Wildman–Crippen LogP) is 2.58. The molecule has 0 aliphatic heterocycles. The van der Waals surface area contributed by atoms with Gasteiger partial charge in [0.2, 0.25) is 5.91 Å². The maximum absolute atomic E-state index is 11.7. The highest BCUT2D eigenvalue weighted by atomic mass is 16.2. The Kier molecular flexibility index (Phi) is 4.18. The van der Waals surface area contributed by atoms with Crippen LogP contribution in [0.2, 0.25) is 0 Å². The molecule has 0 bridgehead atoms. The Balaban J connectivity index is 2.19. The molecule has 1 amide bonds. The molecule has 3 heteroatoms. The number of carbonyl (C=O) groups excluding carboxylic acids is 1. The van der Waals surface area contributed by atoms with Crippen LogP contribution in [0.1, 0.15) is 0 Å². The molecule has 2 aromatic rings. The van der Waals surface area contributed by atoms with Gasteiger partial charge in [-0.25, -0.2) is 0 Å². The van der Waals surface area contributed by atoms with Crippen LogP contribution in [0.25, 0.3) is 10.8 Å². The Hall–Kier alpha value is -2.29. The molecule has 0 aromatic heterocycles. The van der Waals surface area contributed by atoms with Crippen molar-refractivity contribution >= 4 is 22.4 Å². The third-order valence-corrected chi connectivity index (χ3v) is 3.00. The van der Waals surface area contributed by atoms with Gasteiger partial charge in [-0.05, 0) is 11.5 Å². The largest absolute Gasteiger partial charge is 0.365 e. The zero-order chi connectivity index (χ0) is 13.7. The molecule has 0 aliphatic rings. The summed E-state index contributed by atoms with van der Waals surface area (Å²) in [5.41, 5.74) is 1.06. The Morgan fingerprint density at radius 3 is 2.79 bits per heavy atom. The van der Waals surface area contributed by atoms with Crippen molar-refractivity contribution < 1.29 is 4.79 Å². The molecule has 0 heterocycles. The van der Waals surface area contributed by atoms with Gasteiger partial charge in [-0.15, -0.1) is 6.58 Å². The number of likely N-dealkylation sites (N-methyl/N-ethyl adjacent to an activating group) is 1. The van der Waals surface area contributed by atoms with Gasteiger partial charge in [-0.2, -0.15) is 0 Å².